The van der Waals surface area contributed by atoms with Crippen molar-refractivity contribution in [2.75, 3.05) is 13.2 Å². The van der Waals surface area contributed by atoms with Crippen LogP contribution in [-0.2, 0) is 9.47 Å². The number of aliphatic hydroxyl groups is 1. The van der Waals surface area contributed by atoms with Crippen molar-refractivity contribution >= 4 is 29.6 Å². The summed E-state index contributed by atoms with van der Waals surface area (Å²) in [7, 11) is 0. The molecule has 0 fully saturated rings. The Bertz CT molecular complexity index is 182. The molecule has 4 nitrogen and oxygen atoms in total. The Morgan fingerprint density at radius 1 is 1.46 bits per heavy atom. The second-order valence-corrected chi connectivity index (χ2v) is 1.94. The normalized spacial score (nSPS) is 10.8. The van der Waals surface area contributed by atoms with Crippen LogP contribution in [-0.4, -0.2) is 54.2 Å². The monoisotopic (exact) mass is 194 g/mol. The van der Waals surface area contributed by atoms with E-state index in [-0.39, 0.29) is 35.1 Å². The van der Waals surface area contributed by atoms with Crippen LogP contribution in [0.15, 0.2) is 11.8 Å². The number of aliphatic hydroxyl groups excluding tert-OH is 1. The maximum Gasteiger partial charge on any atom is 0.196 e. The van der Waals surface area contributed by atoms with Gasteiger partial charge >= 0.3 is 0 Å². The molecule has 0 rings (SSSR count). The van der Waals surface area contributed by atoms with Crippen molar-refractivity contribution in [2.24, 2.45) is 0 Å². The second-order valence-electron chi connectivity index (χ2n) is 1.94. The van der Waals surface area contributed by atoms with Gasteiger partial charge in [0.05, 0.1) is 6.26 Å². The van der Waals surface area contributed by atoms with Gasteiger partial charge in [-0.25, -0.2) is 0 Å². The SMILES string of the molecule is CCOC(OCC)C(C#N)=CO.[Na]. The minimum absolute atomic E-state index is 0. The van der Waals surface area contributed by atoms with E-state index in [1.54, 1.807) is 19.9 Å². The predicted molar refractivity (Wildman–Crippen MR) is 49.1 cm³/mol. The Morgan fingerprint density at radius 2 is 1.92 bits per heavy atom. The number of hydrogen-bond acceptors (Lipinski definition) is 4. The average Bonchev–Trinajstić information content (AvgIpc) is 2.07. The molecule has 5 heteroatoms. The summed E-state index contributed by atoms with van der Waals surface area (Å²) in [4.78, 5) is 0. The van der Waals surface area contributed by atoms with E-state index in [0.29, 0.717) is 19.5 Å². The summed E-state index contributed by atoms with van der Waals surface area (Å²) in [5.74, 6) is 0. The van der Waals surface area contributed by atoms with E-state index in [2.05, 4.69) is 0 Å². The summed E-state index contributed by atoms with van der Waals surface area (Å²) in [6.07, 6.45) is -0.0364. The van der Waals surface area contributed by atoms with Crippen LogP contribution in [0.4, 0.5) is 0 Å². The molecule has 0 saturated carbocycles. The van der Waals surface area contributed by atoms with Crippen LogP contribution < -0.4 is 0 Å². The van der Waals surface area contributed by atoms with E-state index in [4.69, 9.17) is 19.8 Å². The molecule has 1 radical (unpaired) electrons. The van der Waals surface area contributed by atoms with Gasteiger partial charge in [-0.05, 0) is 13.8 Å². The Hall–Kier alpha value is -0.0500. The Labute approximate surface area is 100 Å². The number of ether oxygens (including phenoxy) is 2. The summed E-state index contributed by atoms with van der Waals surface area (Å²) in [6, 6.07) is 1.78. The molecular formula is C8H13NNaO3. The van der Waals surface area contributed by atoms with Crippen LogP contribution in [0.2, 0.25) is 0 Å². The molecule has 13 heavy (non-hydrogen) atoms. The van der Waals surface area contributed by atoms with Gasteiger partial charge in [-0.2, -0.15) is 5.26 Å². The van der Waals surface area contributed by atoms with Gasteiger partial charge in [0.2, 0.25) is 0 Å². The Balaban J connectivity index is 0. The third-order valence-corrected chi connectivity index (χ3v) is 1.16. The van der Waals surface area contributed by atoms with E-state index in [1.165, 1.54) is 0 Å². The molecule has 0 atom stereocenters. The topological polar surface area (TPSA) is 62.5 Å². The largest absolute Gasteiger partial charge is 0.514 e. The third-order valence-electron chi connectivity index (χ3n) is 1.16. The molecule has 1 N–H and O–H groups in total. The fourth-order valence-electron chi connectivity index (χ4n) is 0.673. The van der Waals surface area contributed by atoms with Gasteiger partial charge in [-0.3, -0.25) is 0 Å². The fraction of sp³-hybridized carbons (Fsp3) is 0.625. The van der Waals surface area contributed by atoms with Crippen molar-refractivity contribution < 1.29 is 14.6 Å². The number of rotatable bonds is 5. The third kappa shape index (κ3) is 6.08. The first-order chi connectivity index (χ1) is 5.79. The van der Waals surface area contributed by atoms with Crippen LogP contribution in [0.5, 0.6) is 0 Å². The first-order valence-electron chi connectivity index (χ1n) is 3.77. The Morgan fingerprint density at radius 3 is 2.15 bits per heavy atom. The average molecular weight is 194 g/mol. The van der Waals surface area contributed by atoms with Crippen molar-refractivity contribution in [3.05, 3.63) is 11.8 Å². The summed E-state index contributed by atoms with van der Waals surface area (Å²) in [5, 5.41) is 17.1. The molecule has 0 aromatic heterocycles. The maximum atomic E-state index is 8.61. The zero-order chi connectivity index (χ0) is 9.40. The zero-order valence-corrected chi connectivity index (χ0v) is 10.3. The molecule has 0 aliphatic rings. The molecule has 0 aromatic rings. The van der Waals surface area contributed by atoms with Gasteiger partial charge in [0.15, 0.2) is 6.29 Å². The number of nitrogens with zero attached hydrogens (tertiary/aromatic N) is 1. The summed E-state index contributed by atoms with van der Waals surface area (Å²) in [5.41, 5.74) is 0.0821. The van der Waals surface area contributed by atoms with E-state index < -0.39 is 6.29 Å². The van der Waals surface area contributed by atoms with Crippen molar-refractivity contribution in [2.45, 2.75) is 20.1 Å². The van der Waals surface area contributed by atoms with Crippen molar-refractivity contribution in [3.63, 3.8) is 0 Å². The van der Waals surface area contributed by atoms with Crippen LogP contribution in [0.25, 0.3) is 0 Å². The van der Waals surface area contributed by atoms with Crippen LogP contribution >= 0.6 is 0 Å². The summed E-state index contributed by atoms with van der Waals surface area (Å²) < 4.78 is 10.1. The number of nitriles is 1. The van der Waals surface area contributed by atoms with Crippen LogP contribution in [0.3, 0.4) is 0 Å². The van der Waals surface area contributed by atoms with Crippen LogP contribution in [0.1, 0.15) is 13.8 Å². The number of hydrogen-bond donors (Lipinski definition) is 1. The minimum Gasteiger partial charge on any atom is -0.514 e. The van der Waals surface area contributed by atoms with Crippen molar-refractivity contribution in [1.82, 2.24) is 0 Å². The molecule has 69 valence electrons. The molecule has 0 spiro atoms. The second kappa shape index (κ2) is 10.0. The van der Waals surface area contributed by atoms with E-state index >= 15 is 0 Å². The molecule has 0 aliphatic heterocycles. The Kier molecular flexibility index (Phi) is 11.9. The zero-order valence-electron chi connectivity index (χ0n) is 8.28. The maximum absolute atomic E-state index is 8.61. The molecule has 0 unspecified atom stereocenters. The van der Waals surface area contributed by atoms with Gasteiger partial charge in [0.1, 0.15) is 11.6 Å². The van der Waals surface area contributed by atoms with Crippen LogP contribution in [0, 0.1) is 11.3 Å². The summed E-state index contributed by atoms with van der Waals surface area (Å²) >= 11 is 0. The van der Waals surface area contributed by atoms with Crippen molar-refractivity contribution in [1.29, 1.82) is 5.26 Å². The van der Waals surface area contributed by atoms with E-state index in [0.717, 1.165) is 0 Å². The predicted octanol–water partition coefficient (Wildman–Crippen LogP) is 0.970. The van der Waals surface area contributed by atoms with Gasteiger partial charge in [0.25, 0.3) is 0 Å². The first-order valence-corrected chi connectivity index (χ1v) is 3.77. The fourth-order valence-corrected chi connectivity index (χ4v) is 0.673. The molecular weight excluding hydrogens is 181 g/mol. The molecule has 0 bridgehead atoms. The van der Waals surface area contributed by atoms with E-state index in [9.17, 15) is 0 Å². The van der Waals surface area contributed by atoms with Gasteiger partial charge < -0.3 is 14.6 Å². The molecule has 0 aliphatic carbocycles. The van der Waals surface area contributed by atoms with Crippen molar-refractivity contribution in [3.8, 4) is 6.07 Å². The smallest absolute Gasteiger partial charge is 0.196 e. The molecule has 0 amide bonds. The van der Waals surface area contributed by atoms with Gasteiger partial charge in [0, 0.05) is 42.8 Å². The van der Waals surface area contributed by atoms with Gasteiger partial charge in [-0.15, -0.1) is 0 Å². The minimum atomic E-state index is -0.741. The molecule has 0 heterocycles. The molecule has 0 aromatic carbocycles. The summed E-state index contributed by atoms with van der Waals surface area (Å²) in [6.45, 7) is 4.45. The quantitative estimate of drug-likeness (QED) is 0.306. The van der Waals surface area contributed by atoms with Gasteiger partial charge in [-0.1, -0.05) is 0 Å². The van der Waals surface area contributed by atoms with E-state index in [1.807, 2.05) is 0 Å². The molecule has 0 saturated heterocycles. The first kappa shape index (κ1) is 15.4. The standard InChI is InChI=1S/C8H13NO3.Na/c1-3-11-8(12-4-2)7(5-9)6-10;/h6,8,10H,3-4H2,1-2H3;.